The van der Waals surface area contributed by atoms with Crippen LogP contribution in [0.15, 0.2) is 23.1 Å². The number of thioether (sulfide) groups is 1. The van der Waals surface area contributed by atoms with E-state index in [2.05, 4.69) is 0 Å². The van der Waals surface area contributed by atoms with E-state index in [4.69, 9.17) is 0 Å². The number of carbonyl (C=O) groups excluding carboxylic acids is 2. The lowest BCUT2D eigenvalue weighted by molar-refractivity contribution is -0.385. The van der Waals surface area contributed by atoms with Crippen molar-refractivity contribution in [3.8, 4) is 5.75 Å². The second-order valence-corrected chi connectivity index (χ2v) is 4.89. The van der Waals surface area contributed by atoms with Crippen molar-refractivity contribution in [3.63, 3.8) is 0 Å². The van der Waals surface area contributed by atoms with Gasteiger partial charge in [-0.25, -0.2) is 0 Å². The number of aromatic hydroxyl groups is 1. The fourth-order valence-corrected chi connectivity index (χ4v) is 2.62. The maximum Gasteiger partial charge on any atom is 0.311 e. The first-order chi connectivity index (χ1) is 9.45. The molecule has 1 fully saturated rings. The van der Waals surface area contributed by atoms with E-state index in [9.17, 15) is 24.8 Å². The number of likely N-dealkylation sites (N-methyl/N-ethyl adjacent to an activating group) is 1. The van der Waals surface area contributed by atoms with Crippen molar-refractivity contribution >= 4 is 34.7 Å². The van der Waals surface area contributed by atoms with Gasteiger partial charge in [0.15, 0.2) is 0 Å². The Morgan fingerprint density at radius 3 is 2.70 bits per heavy atom. The molecule has 0 atom stereocenters. The first-order valence-corrected chi connectivity index (χ1v) is 6.49. The molecule has 1 saturated heterocycles. The van der Waals surface area contributed by atoms with Gasteiger partial charge in [0.1, 0.15) is 0 Å². The summed E-state index contributed by atoms with van der Waals surface area (Å²) in [5.74, 6) is -0.991. The van der Waals surface area contributed by atoms with Crippen molar-refractivity contribution in [2.45, 2.75) is 6.92 Å². The number of imide groups is 1. The molecule has 0 saturated carbocycles. The predicted octanol–water partition coefficient (Wildman–Crippen LogP) is 2.36. The Bertz CT molecular complexity index is 641. The van der Waals surface area contributed by atoms with Crippen LogP contribution in [0, 0.1) is 10.1 Å². The number of rotatable bonds is 3. The zero-order chi connectivity index (χ0) is 14.9. The third-order valence-electron chi connectivity index (χ3n) is 2.72. The van der Waals surface area contributed by atoms with E-state index >= 15 is 0 Å². The van der Waals surface area contributed by atoms with Crippen LogP contribution >= 0.6 is 11.8 Å². The minimum Gasteiger partial charge on any atom is -0.502 e. The Morgan fingerprint density at radius 1 is 1.45 bits per heavy atom. The number of para-hydroxylation sites is 1. The highest BCUT2D eigenvalue weighted by molar-refractivity contribution is 8.18. The van der Waals surface area contributed by atoms with Crippen LogP contribution in [-0.4, -0.2) is 32.6 Å². The lowest BCUT2D eigenvalue weighted by Crippen LogP contribution is -2.27. The molecule has 0 aliphatic carbocycles. The van der Waals surface area contributed by atoms with Crippen LogP contribution in [0.2, 0.25) is 0 Å². The standard InChI is InChI=1S/C12H10N2O5S/c1-2-13-11(16)9(20-12(13)17)6-7-4-3-5-8(10(7)15)14(18)19/h3-6,15H,2H2,1H3/b9-6+. The fraction of sp³-hybridized carbons (Fsp3) is 0.167. The average Bonchev–Trinajstić information content (AvgIpc) is 2.66. The van der Waals surface area contributed by atoms with Gasteiger partial charge in [0, 0.05) is 18.2 Å². The minimum atomic E-state index is -0.718. The van der Waals surface area contributed by atoms with Gasteiger partial charge in [-0.15, -0.1) is 0 Å². The number of hydrogen-bond acceptors (Lipinski definition) is 6. The molecule has 1 aliphatic heterocycles. The van der Waals surface area contributed by atoms with E-state index in [0.29, 0.717) is 0 Å². The van der Waals surface area contributed by atoms with Crippen molar-refractivity contribution in [2.75, 3.05) is 6.54 Å². The van der Waals surface area contributed by atoms with Gasteiger partial charge in [-0.1, -0.05) is 12.1 Å². The van der Waals surface area contributed by atoms with Gasteiger partial charge in [-0.05, 0) is 24.8 Å². The number of phenolic OH excluding ortho intramolecular Hbond substituents is 1. The van der Waals surface area contributed by atoms with Crippen molar-refractivity contribution in [3.05, 3.63) is 38.8 Å². The normalized spacial score (nSPS) is 17.1. The monoisotopic (exact) mass is 294 g/mol. The molecule has 0 radical (unpaired) electrons. The topological polar surface area (TPSA) is 101 Å². The van der Waals surface area contributed by atoms with E-state index in [1.54, 1.807) is 6.92 Å². The van der Waals surface area contributed by atoms with Gasteiger partial charge in [0.2, 0.25) is 5.75 Å². The molecule has 2 rings (SSSR count). The molecule has 8 heteroatoms. The number of amides is 2. The summed E-state index contributed by atoms with van der Waals surface area (Å²) in [5.41, 5.74) is -0.325. The Morgan fingerprint density at radius 2 is 2.15 bits per heavy atom. The van der Waals surface area contributed by atoms with Gasteiger partial charge in [-0.3, -0.25) is 24.6 Å². The Balaban J connectivity index is 2.42. The summed E-state index contributed by atoms with van der Waals surface area (Å²) in [6.45, 7) is 1.92. The Kier molecular flexibility index (Phi) is 3.75. The SMILES string of the molecule is CCN1C(=O)S/C(=C/c2cccc([N+](=O)[O-])c2O)C1=O. The maximum absolute atomic E-state index is 11.9. The highest BCUT2D eigenvalue weighted by Gasteiger charge is 2.34. The highest BCUT2D eigenvalue weighted by Crippen LogP contribution is 2.36. The van der Waals surface area contributed by atoms with Gasteiger partial charge < -0.3 is 5.11 Å². The number of nitro benzene ring substituents is 1. The second kappa shape index (κ2) is 5.33. The first-order valence-electron chi connectivity index (χ1n) is 5.67. The van der Waals surface area contributed by atoms with Crippen LogP contribution in [0.25, 0.3) is 6.08 Å². The van der Waals surface area contributed by atoms with Crippen molar-refractivity contribution < 1.29 is 19.6 Å². The first kappa shape index (κ1) is 14.1. The maximum atomic E-state index is 11.9. The lowest BCUT2D eigenvalue weighted by Gasteiger charge is -2.07. The van der Waals surface area contributed by atoms with Crippen LogP contribution in [0.1, 0.15) is 12.5 Å². The van der Waals surface area contributed by atoms with Crippen molar-refractivity contribution in [1.29, 1.82) is 0 Å². The number of carbonyl (C=O) groups is 2. The smallest absolute Gasteiger partial charge is 0.311 e. The molecule has 0 unspecified atom stereocenters. The molecule has 1 aliphatic rings. The molecular formula is C12H10N2O5S. The van der Waals surface area contributed by atoms with Crippen molar-refractivity contribution in [2.24, 2.45) is 0 Å². The zero-order valence-corrected chi connectivity index (χ0v) is 11.2. The number of nitrogens with zero attached hydrogens (tertiary/aromatic N) is 2. The van der Waals surface area contributed by atoms with E-state index < -0.39 is 27.5 Å². The summed E-state index contributed by atoms with van der Waals surface area (Å²) in [7, 11) is 0. The summed E-state index contributed by atoms with van der Waals surface area (Å²) < 4.78 is 0. The minimum absolute atomic E-state index is 0.126. The van der Waals surface area contributed by atoms with Crippen molar-refractivity contribution in [1.82, 2.24) is 4.90 Å². The third kappa shape index (κ3) is 2.37. The van der Waals surface area contributed by atoms with Crippen LogP contribution in [0.3, 0.4) is 0 Å². The van der Waals surface area contributed by atoms with E-state index in [1.165, 1.54) is 18.2 Å². The average molecular weight is 294 g/mol. The van der Waals surface area contributed by atoms with Gasteiger partial charge >= 0.3 is 5.69 Å². The number of benzene rings is 1. The van der Waals surface area contributed by atoms with Gasteiger partial charge in [0.05, 0.1) is 9.83 Å². The largest absolute Gasteiger partial charge is 0.502 e. The number of hydrogen-bond donors (Lipinski definition) is 1. The zero-order valence-electron chi connectivity index (χ0n) is 10.4. The number of phenols is 1. The van der Waals surface area contributed by atoms with Crippen LogP contribution in [0.5, 0.6) is 5.75 Å². The molecule has 0 spiro atoms. The van der Waals surface area contributed by atoms with Crippen LogP contribution in [0.4, 0.5) is 10.5 Å². The van der Waals surface area contributed by atoms with E-state index in [0.717, 1.165) is 22.7 Å². The highest BCUT2D eigenvalue weighted by atomic mass is 32.2. The number of nitro groups is 1. The van der Waals surface area contributed by atoms with Gasteiger partial charge in [-0.2, -0.15) is 0 Å². The molecule has 1 heterocycles. The summed E-state index contributed by atoms with van der Waals surface area (Å²) in [6.07, 6.45) is 1.28. The van der Waals surface area contributed by atoms with E-state index in [1.807, 2.05) is 0 Å². The van der Waals surface area contributed by atoms with E-state index in [-0.39, 0.29) is 17.0 Å². The molecule has 0 aromatic heterocycles. The predicted molar refractivity (Wildman–Crippen MR) is 73.1 cm³/mol. The fourth-order valence-electron chi connectivity index (χ4n) is 1.73. The molecule has 1 aromatic carbocycles. The Labute approximate surface area is 118 Å². The van der Waals surface area contributed by atoms with Gasteiger partial charge in [0.25, 0.3) is 11.1 Å². The second-order valence-electron chi connectivity index (χ2n) is 3.90. The van der Waals surface area contributed by atoms with Crippen LogP contribution in [-0.2, 0) is 4.79 Å². The molecular weight excluding hydrogens is 284 g/mol. The molecule has 104 valence electrons. The molecule has 1 N–H and O–H groups in total. The molecule has 1 aromatic rings. The summed E-state index contributed by atoms with van der Waals surface area (Å²) in [5, 5.41) is 20.1. The quantitative estimate of drug-likeness (QED) is 0.521. The summed E-state index contributed by atoms with van der Waals surface area (Å²) in [6, 6.07) is 3.99. The van der Waals surface area contributed by atoms with Crippen LogP contribution < -0.4 is 0 Å². The molecule has 7 nitrogen and oxygen atoms in total. The summed E-state index contributed by atoms with van der Waals surface area (Å²) >= 11 is 0.742. The lowest BCUT2D eigenvalue weighted by atomic mass is 10.1. The molecule has 0 bridgehead atoms. The summed E-state index contributed by atoms with van der Waals surface area (Å²) in [4.78, 5) is 34.6. The molecule has 2 amide bonds. The molecule has 20 heavy (non-hydrogen) atoms. The Hall–Kier alpha value is -2.35. The third-order valence-corrected chi connectivity index (χ3v) is 3.63.